The number of aliphatic hydroxyl groups is 1. The Hall–Kier alpha value is -1.10. The van der Waals surface area contributed by atoms with Gasteiger partial charge < -0.3 is 15.7 Å². The van der Waals surface area contributed by atoms with Crippen molar-refractivity contribution in [2.24, 2.45) is 0 Å². The average Bonchev–Trinajstić information content (AvgIpc) is 2.30. The summed E-state index contributed by atoms with van der Waals surface area (Å²) in [6.07, 6.45) is 3.60. The molecule has 0 rings (SSSR count). The zero-order valence-corrected chi connectivity index (χ0v) is 10.1. The average molecular weight is 230 g/mol. The normalized spacial score (nSPS) is 11.9. The number of hydrogen-bond acceptors (Lipinski definition) is 3. The fourth-order valence-corrected chi connectivity index (χ4v) is 1.18. The molecule has 3 N–H and O–H groups in total. The Kier molecular flexibility index (Phi) is 8.52. The highest BCUT2D eigenvalue weighted by molar-refractivity contribution is 6.35. The number of hydrogen-bond donors (Lipinski definition) is 3. The van der Waals surface area contributed by atoms with E-state index in [1.165, 1.54) is 0 Å². The van der Waals surface area contributed by atoms with Gasteiger partial charge in [-0.1, -0.05) is 26.7 Å². The van der Waals surface area contributed by atoms with E-state index in [0.29, 0.717) is 13.0 Å². The fraction of sp³-hybridized carbons (Fsp3) is 0.818. The van der Waals surface area contributed by atoms with Crippen molar-refractivity contribution in [1.82, 2.24) is 10.6 Å². The lowest BCUT2D eigenvalue weighted by Crippen LogP contribution is -2.45. The number of nitrogens with one attached hydrogen (secondary N) is 2. The highest BCUT2D eigenvalue weighted by Crippen LogP contribution is 1.91. The van der Waals surface area contributed by atoms with Crippen LogP contribution < -0.4 is 10.6 Å². The van der Waals surface area contributed by atoms with Gasteiger partial charge in [0.2, 0.25) is 0 Å². The zero-order valence-electron chi connectivity index (χ0n) is 10.1. The van der Waals surface area contributed by atoms with Crippen LogP contribution in [0.2, 0.25) is 0 Å². The van der Waals surface area contributed by atoms with Crippen molar-refractivity contribution < 1.29 is 14.7 Å². The van der Waals surface area contributed by atoms with Crippen molar-refractivity contribution in [3.63, 3.8) is 0 Å². The first-order chi connectivity index (χ1) is 7.65. The van der Waals surface area contributed by atoms with Crippen LogP contribution in [0, 0.1) is 0 Å². The fourth-order valence-electron chi connectivity index (χ4n) is 1.18. The van der Waals surface area contributed by atoms with Gasteiger partial charge in [0.25, 0.3) is 0 Å². The molecule has 0 aliphatic rings. The second-order valence-electron chi connectivity index (χ2n) is 3.72. The molecule has 0 aliphatic heterocycles. The maximum atomic E-state index is 11.3. The Labute approximate surface area is 96.6 Å². The second kappa shape index (κ2) is 9.15. The van der Waals surface area contributed by atoms with Crippen LogP contribution >= 0.6 is 0 Å². The summed E-state index contributed by atoms with van der Waals surface area (Å²) in [4.78, 5) is 22.6. The van der Waals surface area contributed by atoms with E-state index in [0.717, 1.165) is 19.3 Å². The van der Waals surface area contributed by atoms with Gasteiger partial charge in [-0.2, -0.15) is 0 Å². The van der Waals surface area contributed by atoms with Gasteiger partial charge in [0.1, 0.15) is 0 Å². The minimum atomic E-state index is -0.669. The van der Waals surface area contributed by atoms with Gasteiger partial charge in [-0.05, 0) is 12.8 Å². The molecule has 0 aromatic rings. The molecule has 0 aromatic carbocycles. The second-order valence-corrected chi connectivity index (χ2v) is 3.72. The van der Waals surface area contributed by atoms with Crippen LogP contribution in [0.5, 0.6) is 0 Å². The summed E-state index contributed by atoms with van der Waals surface area (Å²) in [6, 6.07) is -0.339. The van der Waals surface area contributed by atoms with Gasteiger partial charge in [0.05, 0.1) is 12.6 Å². The molecular weight excluding hydrogens is 208 g/mol. The predicted molar refractivity (Wildman–Crippen MR) is 61.8 cm³/mol. The van der Waals surface area contributed by atoms with E-state index >= 15 is 0 Å². The minimum Gasteiger partial charge on any atom is -0.394 e. The van der Waals surface area contributed by atoms with Crippen LogP contribution in [0.4, 0.5) is 0 Å². The summed E-state index contributed by atoms with van der Waals surface area (Å²) in [7, 11) is 0. The molecule has 0 aliphatic carbocycles. The number of carbonyl (C=O) groups is 2. The summed E-state index contributed by atoms with van der Waals surface area (Å²) < 4.78 is 0. The van der Waals surface area contributed by atoms with Crippen LogP contribution in [-0.2, 0) is 9.59 Å². The van der Waals surface area contributed by atoms with Crippen LogP contribution in [-0.4, -0.2) is 36.1 Å². The predicted octanol–water partition coefficient (Wildman–Crippen LogP) is 0.180. The molecule has 16 heavy (non-hydrogen) atoms. The lowest BCUT2D eigenvalue weighted by molar-refractivity contribution is -0.139. The summed E-state index contributed by atoms with van der Waals surface area (Å²) >= 11 is 0. The Bertz CT molecular complexity index is 215. The van der Waals surface area contributed by atoms with E-state index in [1.807, 2.05) is 6.92 Å². The van der Waals surface area contributed by atoms with Gasteiger partial charge >= 0.3 is 11.8 Å². The summed E-state index contributed by atoms with van der Waals surface area (Å²) in [6.45, 7) is 4.28. The molecule has 5 nitrogen and oxygen atoms in total. The molecule has 2 amide bonds. The Balaban J connectivity index is 3.77. The molecule has 0 saturated carbocycles. The largest absolute Gasteiger partial charge is 0.394 e. The number of amides is 2. The van der Waals surface area contributed by atoms with E-state index in [1.54, 1.807) is 0 Å². The van der Waals surface area contributed by atoms with Crippen molar-refractivity contribution in [1.29, 1.82) is 0 Å². The Morgan fingerprint density at radius 3 is 2.38 bits per heavy atom. The van der Waals surface area contributed by atoms with Crippen molar-refractivity contribution >= 4 is 11.8 Å². The van der Waals surface area contributed by atoms with Crippen molar-refractivity contribution in [2.75, 3.05) is 13.2 Å². The maximum absolute atomic E-state index is 11.3. The Morgan fingerprint density at radius 1 is 1.19 bits per heavy atom. The molecule has 0 unspecified atom stereocenters. The summed E-state index contributed by atoms with van der Waals surface area (Å²) in [5.74, 6) is -1.29. The van der Waals surface area contributed by atoms with E-state index in [-0.39, 0.29) is 12.6 Å². The number of aliphatic hydroxyl groups excluding tert-OH is 1. The van der Waals surface area contributed by atoms with Gasteiger partial charge in [-0.25, -0.2) is 0 Å². The van der Waals surface area contributed by atoms with Gasteiger partial charge in [-0.3, -0.25) is 9.59 Å². The molecule has 0 heterocycles. The van der Waals surface area contributed by atoms with Crippen LogP contribution in [0.15, 0.2) is 0 Å². The van der Waals surface area contributed by atoms with E-state index < -0.39 is 11.8 Å². The van der Waals surface area contributed by atoms with Gasteiger partial charge in [-0.15, -0.1) is 0 Å². The smallest absolute Gasteiger partial charge is 0.309 e. The van der Waals surface area contributed by atoms with Crippen LogP contribution in [0.1, 0.15) is 39.5 Å². The molecule has 0 aromatic heterocycles. The van der Waals surface area contributed by atoms with Crippen molar-refractivity contribution in [3.8, 4) is 0 Å². The number of carbonyl (C=O) groups excluding carboxylic acids is 2. The monoisotopic (exact) mass is 230 g/mol. The molecular formula is C11H22N2O3. The molecule has 0 saturated heterocycles. The molecule has 94 valence electrons. The lowest BCUT2D eigenvalue weighted by Gasteiger charge is -2.13. The number of rotatable bonds is 7. The van der Waals surface area contributed by atoms with E-state index in [4.69, 9.17) is 5.11 Å². The van der Waals surface area contributed by atoms with Gasteiger partial charge in [0.15, 0.2) is 0 Å². The van der Waals surface area contributed by atoms with Crippen molar-refractivity contribution in [2.45, 2.75) is 45.6 Å². The standard InChI is InChI=1S/C11H22N2O3/c1-3-5-6-7-12-10(15)11(16)13-9(4-2)8-14/h9,14H,3-8H2,1-2H3,(H,12,15)(H,13,16)/t9-/m0/s1. The van der Waals surface area contributed by atoms with Crippen molar-refractivity contribution in [3.05, 3.63) is 0 Å². The van der Waals surface area contributed by atoms with Gasteiger partial charge in [0, 0.05) is 6.54 Å². The minimum absolute atomic E-state index is 0.147. The zero-order chi connectivity index (χ0) is 12.4. The van der Waals surface area contributed by atoms with Crippen LogP contribution in [0.3, 0.4) is 0 Å². The number of unbranched alkanes of at least 4 members (excludes halogenated alkanes) is 2. The lowest BCUT2D eigenvalue weighted by atomic mass is 10.2. The molecule has 5 heteroatoms. The highest BCUT2D eigenvalue weighted by Gasteiger charge is 2.16. The highest BCUT2D eigenvalue weighted by atomic mass is 16.3. The van der Waals surface area contributed by atoms with E-state index in [2.05, 4.69) is 17.6 Å². The first kappa shape index (κ1) is 14.9. The third-order valence-electron chi connectivity index (χ3n) is 2.32. The molecule has 0 spiro atoms. The maximum Gasteiger partial charge on any atom is 0.309 e. The third kappa shape index (κ3) is 6.40. The third-order valence-corrected chi connectivity index (χ3v) is 2.32. The first-order valence-electron chi connectivity index (χ1n) is 5.85. The Morgan fingerprint density at radius 2 is 1.88 bits per heavy atom. The first-order valence-corrected chi connectivity index (χ1v) is 5.85. The SMILES string of the molecule is CCCCCNC(=O)C(=O)N[C@@H](CC)CO. The molecule has 0 bridgehead atoms. The van der Waals surface area contributed by atoms with E-state index in [9.17, 15) is 9.59 Å². The summed E-state index contributed by atoms with van der Waals surface area (Å²) in [5.41, 5.74) is 0. The topological polar surface area (TPSA) is 78.4 Å². The quantitative estimate of drug-likeness (QED) is 0.431. The summed E-state index contributed by atoms with van der Waals surface area (Å²) in [5, 5.41) is 13.9. The molecule has 0 radical (unpaired) electrons. The molecule has 0 fully saturated rings. The molecule has 1 atom stereocenters. The van der Waals surface area contributed by atoms with Crippen LogP contribution in [0.25, 0.3) is 0 Å².